The molecule has 18 heavy (non-hydrogen) atoms. The number of aromatic amines is 1. The van der Waals surface area contributed by atoms with Crippen molar-refractivity contribution in [1.29, 1.82) is 0 Å². The fourth-order valence-corrected chi connectivity index (χ4v) is 1.85. The minimum Gasteiger partial charge on any atom is -0.287 e. The highest BCUT2D eigenvalue weighted by Crippen LogP contribution is 2.22. The van der Waals surface area contributed by atoms with Gasteiger partial charge >= 0.3 is 0 Å². The molecule has 3 rings (SSSR count). The van der Waals surface area contributed by atoms with Crippen LogP contribution in [-0.2, 0) is 4.84 Å². The first-order chi connectivity index (χ1) is 8.84. The molecular formula is C13H11N3O2. The number of H-pyrrole nitrogens is 1. The summed E-state index contributed by atoms with van der Waals surface area (Å²) >= 11 is 0. The Labute approximate surface area is 103 Å². The van der Waals surface area contributed by atoms with Gasteiger partial charge in [-0.1, -0.05) is 18.2 Å². The SMILES string of the molecule is O=C(c1cccc(C2C=CNO2)c1)c1ccn[nH]1. The van der Waals surface area contributed by atoms with Crippen molar-refractivity contribution in [3.63, 3.8) is 0 Å². The van der Waals surface area contributed by atoms with Crippen LogP contribution in [0.15, 0.2) is 48.8 Å². The first-order valence-electron chi connectivity index (χ1n) is 5.56. The summed E-state index contributed by atoms with van der Waals surface area (Å²) in [5.41, 5.74) is 4.69. The Kier molecular flexibility index (Phi) is 2.66. The molecule has 2 aromatic rings. The summed E-state index contributed by atoms with van der Waals surface area (Å²) in [5.74, 6) is -0.0794. The van der Waals surface area contributed by atoms with Crippen molar-refractivity contribution in [3.05, 3.63) is 65.6 Å². The minimum absolute atomic E-state index is 0.0794. The van der Waals surface area contributed by atoms with Gasteiger partial charge in [-0.05, 0) is 23.8 Å². The smallest absolute Gasteiger partial charge is 0.210 e. The van der Waals surface area contributed by atoms with Crippen LogP contribution in [0.3, 0.4) is 0 Å². The van der Waals surface area contributed by atoms with E-state index in [0.717, 1.165) is 5.56 Å². The van der Waals surface area contributed by atoms with Gasteiger partial charge in [0.2, 0.25) is 5.78 Å². The van der Waals surface area contributed by atoms with Gasteiger partial charge in [0.15, 0.2) is 0 Å². The molecule has 2 N–H and O–H groups in total. The van der Waals surface area contributed by atoms with Crippen LogP contribution in [0.2, 0.25) is 0 Å². The highest BCUT2D eigenvalue weighted by Gasteiger charge is 2.16. The van der Waals surface area contributed by atoms with Crippen molar-refractivity contribution >= 4 is 5.78 Å². The Balaban J connectivity index is 1.91. The van der Waals surface area contributed by atoms with Crippen LogP contribution in [0.4, 0.5) is 0 Å². The molecule has 1 atom stereocenters. The van der Waals surface area contributed by atoms with E-state index in [-0.39, 0.29) is 11.9 Å². The van der Waals surface area contributed by atoms with Crippen molar-refractivity contribution in [3.8, 4) is 0 Å². The van der Waals surface area contributed by atoms with Gasteiger partial charge in [0, 0.05) is 18.0 Å². The van der Waals surface area contributed by atoms with Gasteiger partial charge < -0.3 is 0 Å². The number of aromatic nitrogens is 2. The van der Waals surface area contributed by atoms with Crippen molar-refractivity contribution in [1.82, 2.24) is 15.7 Å². The van der Waals surface area contributed by atoms with Gasteiger partial charge in [-0.25, -0.2) is 0 Å². The number of ketones is 1. The number of hydrogen-bond acceptors (Lipinski definition) is 4. The summed E-state index contributed by atoms with van der Waals surface area (Å²) in [6, 6.07) is 9.02. The average molecular weight is 241 g/mol. The van der Waals surface area contributed by atoms with E-state index in [4.69, 9.17) is 4.84 Å². The molecule has 1 aliphatic heterocycles. The number of rotatable bonds is 3. The molecule has 5 heteroatoms. The predicted molar refractivity (Wildman–Crippen MR) is 64.6 cm³/mol. The second-order valence-electron chi connectivity index (χ2n) is 3.94. The zero-order valence-corrected chi connectivity index (χ0v) is 9.46. The summed E-state index contributed by atoms with van der Waals surface area (Å²) in [6.45, 7) is 0. The Morgan fingerprint density at radius 3 is 3.00 bits per heavy atom. The number of nitrogens with zero attached hydrogens (tertiary/aromatic N) is 1. The van der Waals surface area contributed by atoms with Gasteiger partial charge in [0.05, 0.1) is 0 Å². The normalized spacial score (nSPS) is 17.7. The molecule has 0 bridgehead atoms. The molecule has 0 amide bonds. The van der Waals surface area contributed by atoms with Crippen molar-refractivity contribution in [2.75, 3.05) is 0 Å². The lowest BCUT2D eigenvalue weighted by atomic mass is 10.0. The molecular weight excluding hydrogens is 230 g/mol. The maximum absolute atomic E-state index is 12.1. The topological polar surface area (TPSA) is 67.0 Å². The van der Waals surface area contributed by atoms with Gasteiger partial charge in [-0.15, -0.1) is 0 Å². The molecule has 2 heterocycles. The minimum atomic E-state index is -0.153. The standard InChI is InChI=1S/C13H11N3O2/c17-13(11-4-6-14-16-11)10-3-1-2-9(8-10)12-5-7-15-18-12/h1-8,12,15H,(H,14,16). The van der Waals surface area contributed by atoms with E-state index >= 15 is 0 Å². The maximum Gasteiger partial charge on any atom is 0.210 e. The monoisotopic (exact) mass is 241 g/mol. The summed E-state index contributed by atoms with van der Waals surface area (Å²) in [7, 11) is 0. The van der Waals surface area contributed by atoms with Crippen LogP contribution < -0.4 is 5.48 Å². The fraction of sp³-hybridized carbons (Fsp3) is 0.0769. The third-order valence-corrected chi connectivity index (χ3v) is 2.76. The average Bonchev–Trinajstić information content (AvgIpc) is 3.11. The lowest BCUT2D eigenvalue weighted by molar-refractivity contribution is 0.0470. The van der Waals surface area contributed by atoms with E-state index in [1.807, 2.05) is 24.3 Å². The van der Waals surface area contributed by atoms with E-state index in [1.54, 1.807) is 24.5 Å². The first kappa shape index (κ1) is 10.7. The van der Waals surface area contributed by atoms with Crippen molar-refractivity contribution in [2.45, 2.75) is 6.10 Å². The molecule has 0 spiro atoms. The Morgan fingerprint density at radius 2 is 2.28 bits per heavy atom. The Morgan fingerprint density at radius 1 is 1.33 bits per heavy atom. The number of nitrogens with one attached hydrogen (secondary N) is 2. The quantitative estimate of drug-likeness (QED) is 0.803. The molecule has 1 aliphatic rings. The van der Waals surface area contributed by atoms with Gasteiger partial charge in [0.1, 0.15) is 11.8 Å². The Hall–Kier alpha value is -2.40. The zero-order chi connectivity index (χ0) is 12.4. The summed E-state index contributed by atoms with van der Waals surface area (Å²) in [5, 5.41) is 6.44. The second-order valence-corrected chi connectivity index (χ2v) is 3.94. The van der Waals surface area contributed by atoms with Crippen LogP contribution in [0.25, 0.3) is 0 Å². The maximum atomic E-state index is 12.1. The van der Waals surface area contributed by atoms with Gasteiger partial charge in [-0.2, -0.15) is 5.10 Å². The van der Waals surface area contributed by atoms with Crippen molar-refractivity contribution < 1.29 is 9.63 Å². The lowest BCUT2D eigenvalue weighted by Crippen LogP contribution is -2.06. The summed E-state index contributed by atoms with van der Waals surface area (Å²) < 4.78 is 0. The number of carbonyl (C=O) groups excluding carboxylic acids is 1. The van der Waals surface area contributed by atoms with E-state index < -0.39 is 0 Å². The van der Waals surface area contributed by atoms with Gasteiger partial charge in [-0.3, -0.25) is 20.2 Å². The molecule has 0 aliphatic carbocycles. The van der Waals surface area contributed by atoms with Crippen LogP contribution >= 0.6 is 0 Å². The van der Waals surface area contributed by atoms with Gasteiger partial charge in [0.25, 0.3) is 0 Å². The molecule has 0 fully saturated rings. The van der Waals surface area contributed by atoms with Crippen LogP contribution in [0, 0.1) is 0 Å². The van der Waals surface area contributed by atoms with Crippen LogP contribution in [0.1, 0.15) is 27.7 Å². The number of carbonyl (C=O) groups is 1. The van der Waals surface area contributed by atoms with E-state index in [0.29, 0.717) is 11.3 Å². The molecule has 0 saturated heterocycles. The largest absolute Gasteiger partial charge is 0.287 e. The number of hydroxylamine groups is 1. The van der Waals surface area contributed by atoms with E-state index in [2.05, 4.69) is 15.7 Å². The van der Waals surface area contributed by atoms with Crippen LogP contribution in [-0.4, -0.2) is 16.0 Å². The van der Waals surface area contributed by atoms with Crippen LogP contribution in [0.5, 0.6) is 0 Å². The summed E-state index contributed by atoms with van der Waals surface area (Å²) in [6.07, 6.45) is 5.03. The van der Waals surface area contributed by atoms with E-state index in [9.17, 15) is 4.79 Å². The highest BCUT2D eigenvalue weighted by atomic mass is 16.7. The third-order valence-electron chi connectivity index (χ3n) is 2.76. The third kappa shape index (κ3) is 1.91. The predicted octanol–water partition coefficient (Wildman–Crippen LogP) is 1.73. The molecule has 0 radical (unpaired) electrons. The first-order valence-corrected chi connectivity index (χ1v) is 5.56. The summed E-state index contributed by atoms with van der Waals surface area (Å²) in [4.78, 5) is 17.4. The Bertz CT molecular complexity index is 590. The molecule has 0 saturated carbocycles. The highest BCUT2D eigenvalue weighted by molar-refractivity contribution is 6.07. The molecule has 1 aromatic carbocycles. The molecule has 5 nitrogen and oxygen atoms in total. The molecule has 90 valence electrons. The lowest BCUT2D eigenvalue weighted by Gasteiger charge is -2.08. The van der Waals surface area contributed by atoms with Crippen molar-refractivity contribution in [2.24, 2.45) is 0 Å². The number of hydrogen-bond donors (Lipinski definition) is 2. The second kappa shape index (κ2) is 4.46. The number of benzene rings is 1. The molecule has 1 unspecified atom stereocenters. The fourth-order valence-electron chi connectivity index (χ4n) is 1.85. The molecule has 1 aromatic heterocycles. The van der Waals surface area contributed by atoms with E-state index in [1.165, 1.54) is 0 Å². The zero-order valence-electron chi connectivity index (χ0n) is 9.46.